The van der Waals surface area contributed by atoms with Gasteiger partial charge >= 0.3 is 0 Å². The first-order chi connectivity index (χ1) is 8.56. The highest BCUT2D eigenvalue weighted by Gasteiger charge is 2.07. The summed E-state index contributed by atoms with van der Waals surface area (Å²) in [6.07, 6.45) is 1.36. The van der Waals surface area contributed by atoms with Gasteiger partial charge in [0.2, 0.25) is 0 Å². The van der Waals surface area contributed by atoms with Crippen LogP contribution >= 0.6 is 0 Å². The van der Waals surface area contributed by atoms with Crippen LogP contribution in [-0.2, 0) is 0 Å². The summed E-state index contributed by atoms with van der Waals surface area (Å²) >= 11 is 0. The fraction of sp³-hybridized carbons (Fsp3) is 0. The maximum Gasteiger partial charge on any atom is 0.165 e. The van der Waals surface area contributed by atoms with Crippen molar-refractivity contribution in [3.63, 3.8) is 0 Å². The van der Waals surface area contributed by atoms with Crippen molar-refractivity contribution in [2.45, 2.75) is 0 Å². The minimum absolute atomic E-state index is 0.198. The topological polar surface area (TPSA) is 72.0 Å². The normalized spacial score (nSPS) is 10.1. The molecule has 2 rings (SSSR count). The molecule has 0 atom stereocenters. The number of ether oxygens (including phenoxy) is 1. The zero-order valence-corrected chi connectivity index (χ0v) is 9.15. The van der Waals surface area contributed by atoms with Crippen LogP contribution in [0.3, 0.4) is 0 Å². The third-order valence-electron chi connectivity index (χ3n) is 2.13. The van der Waals surface area contributed by atoms with Crippen molar-refractivity contribution in [2.24, 2.45) is 5.73 Å². The van der Waals surface area contributed by atoms with Gasteiger partial charge in [0.15, 0.2) is 11.6 Å². The maximum absolute atomic E-state index is 13.3. The van der Waals surface area contributed by atoms with Crippen molar-refractivity contribution < 1.29 is 13.5 Å². The van der Waals surface area contributed by atoms with Crippen LogP contribution in [0.4, 0.5) is 8.78 Å². The predicted molar refractivity (Wildman–Crippen MR) is 61.7 cm³/mol. The van der Waals surface area contributed by atoms with E-state index in [2.05, 4.69) is 4.98 Å². The Kier molecular flexibility index (Phi) is 3.18. The molecule has 0 aliphatic rings. The van der Waals surface area contributed by atoms with Crippen LogP contribution in [0.25, 0.3) is 0 Å². The second-order valence-corrected chi connectivity index (χ2v) is 3.47. The van der Waals surface area contributed by atoms with Crippen LogP contribution in [0.15, 0.2) is 36.5 Å². The zero-order valence-electron chi connectivity index (χ0n) is 9.15. The van der Waals surface area contributed by atoms with Gasteiger partial charge in [0.1, 0.15) is 23.1 Å². The molecule has 0 saturated heterocycles. The molecular formula is C12H9F2N3O. The molecule has 3 N–H and O–H groups in total. The summed E-state index contributed by atoms with van der Waals surface area (Å²) in [6.45, 7) is 0. The molecule has 18 heavy (non-hydrogen) atoms. The van der Waals surface area contributed by atoms with Crippen molar-refractivity contribution in [2.75, 3.05) is 0 Å². The standard InChI is InChI=1S/C12H9F2N3O/c13-7-1-2-9(14)11(5-7)18-8-3-4-17-10(6-8)12(15)16/h1-6H,(H3,15,16). The van der Waals surface area contributed by atoms with E-state index in [-0.39, 0.29) is 23.0 Å². The quantitative estimate of drug-likeness (QED) is 0.648. The minimum atomic E-state index is -0.683. The lowest BCUT2D eigenvalue weighted by atomic mass is 10.3. The highest BCUT2D eigenvalue weighted by atomic mass is 19.1. The van der Waals surface area contributed by atoms with Crippen LogP contribution in [0, 0.1) is 17.0 Å². The summed E-state index contributed by atoms with van der Waals surface area (Å²) in [4.78, 5) is 3.82. The maximum atomic E-state index is 13.3. The fourth-order valence-corrected chi connectivity index (χ4v) is 1.30. The molecule has 0 bridgehead atoms. The third kappa shape index (κ3) is 2.60. The summed E-state index contributed by atoms with van der Waals surface area (Å²) in [5.74, 6) is -1.54. The lowest BCUT2D eigenvalue weighted by molar-refractivity contribution is 0.436. The molecular weight excluding hydrogens is 240 g/mol. The first-order valence-electron chi connectivity index (χ1n) is 4.99. The smallest absolute Gasteiger partial charge is 0.165 e. The van der Waals surface area contributed by atoms with E-state index in [1.54, 1.807) is 0 Å². The first kappa shape index (κ1) is 12.0. The Morgan fingerprint density at radius 1 is 1.22 bits per heavy atom. The number of benzene rings is 1. The lowest BCUT2D eigenvalue weighted by Crippen LogP contribution is -2.12. The van der Waals surface area contributed by atoms with Crippen LogP contribution < -0.4 is 10.5 Å². The molecule has 4 nitrogen and oxygen atoms in total. The minimum Gasteiger partial charge on any atom is -0.454 e. The van der Waals surface area contributed by atoms with Crippen LogP contribution in [0.5, 0.6) is 11.5 Å². The first-order valence-corrected chi connectivity index (χ1v) is 4.99. The molecule has 2 aromatic rings. The van der Waals surface area contributed by atoms with Gasteiger partial charge in [-0.15, -0.1) is 0 Å². The highest BCUT2D eigenvalue weighted by Crippen LogP contribution is 2.25. The summed E-state index contributed by atoms with van der Waals surface area (Å²) in [5.41, 5.74) is 5.46. The number of nitrogens with two attached hydrogens (primary N) is 1. The van der Waals surface area contributed by atoms with Crippen molar-refractivity contribution in [1.82, 2.24) is 4.98 Å². The van der Waals surface area contributed by atoms with E-state index in [0.717, 1.165) is 18.2 Å². The van der Waals surface area contributed by atoms with Crippen molar-refractivity contribution in [1.29, 1.82) is 5.41 Å². The summed E-state index contributed by atoms with van der Waals surface area (Å²) in [6, 6.07) is 5.72. The van der Waals surface area contributed by atoms with Crippen molar-refractivity contribution in [3.05, 3.63) is 53.9 Å². The Bertz CT molecular complexity index is 602. The number of nitrogen functional groups attached to an aromatic ring is 1. The van der Waals surface area contributed by atoms with Crippen molar-refractivity contribution >= 4 is 5.84 Å². The van der Waals surface area contributed by atoms with Gasteiger partial charge in [-0.1, -0.05) is 0 Å². The monoisotopic (exact) mass is 249 g/mol. The average Bonchev–Trinajstić information content (AvgIpc) is 2.34. The summed E-state index contributed by atoms with van der Waals surface area (Å²) in [5, 5.41) is 7.21. The molecule has 0 saturated carbocycles. The van der Waals surface area contributed by atoms with Gasteiger partial charge < -0.3 is 10.5 Å². The summed E-state index contributed by atoms with van der Waals surface area (Å²) < 4.78 is 31.5. The molecule has 1 aromatic carbocycles. The molecule has 1 heterocycles. The molecule has 0 spiro atoms. The number of aromatic nitrogens is 1. The van der Waals surface area contributed by atoms with Crippen molar-refractivity contribution in [3.8, 4) is 11.5 Å². The van der Waals surface area contributed by atoms with E-state index in [0.29, 0.717) is 0 Å². The number of amidine groups is 1. The average molecular weight is 249 g/mol. The largest absolute Gasteiger partial charge is 0.454 e. The van der Waals surface area contributed by atoms with Gasteiger partial charge in [0.05, 0.1) is 0 Å². The van der Waals surface area contributed by atoms with Gasteiger partial charge in [0.25, 0.3) is 0 Å². The molecule has 0 aliphatic carbocycles. The SMILES string of the molecule is N=C(N)c1cc(Oc2cc(F)ccc2F)ccn1. The van der Waals surface area contributed by atoms with Crippen LogP contribution in [-0.4, -0.2) is 10.8 Å². The second kappa shape index (κ2) is 4.79. The van der Waals surface area contributed by atoms with Crippen LogP contribution in [0.1, 0.15) is 5.69 Å². The van der Waals surface area contributed by atoms with Gasteiger partial charge in [-0.2, -0.15) is 0 Å². The lowest BCUT2D eigenvalue weighted by Gasteiger charge is -2.07. The Labute approximate surface area is 102 Å². The Balaban J connectivity index is 2.31. The zero-order chi connectivity index (χ0) is 13.1. The number of rotatable bonds is 3. The van der Waals surface area contributed by atoms with E-state index in [4.69, 9.17) is 15.9 Å². The van der Waals surface area contributed by atoms with Gasteiger partial charge in [-0.3, -0.25) is 10.4 Å². The fourth-order valence-electron chi connectivity index (χ4n) is 1.30. The Morgan fingerprint density at radius 3 is 2.72 bits per heavy atom. The molecule has 0 fully saturated rings. The summed E-state index contributed by atoms with van der Waals surface area (Å²) in [7, 11) is 0. The Morgan fingerprint density at radius 2 is 2.00 bits per heavy atom. The number of pyridine rings is 1. The number of nitrogens with one attached hydrogen (secondary N) is 1. The predicted octanol–water partition coefficient (Wildman–Crippen LogP) is 2.44. The van der Waals surface area contributed by atoms with E-state index in [1.807, 2.05) is 0 Å². The van der Waals surface area contributed by atoms with Gasteiger partial charge in [0, 0.05) is 18.3 Å². The number of nitrogens with zero attached hydrogens (tertiary/aromatic N) is 1. The molecule has 92 valence electrons. The van der Waals surface area contributed by atoms with Gasteiger partial charge in [-0.25, -0.2) is 8.78 Å². The van der Waals surface area contributed by atoms with Gasteiger partial charge in [-0.05, 0) is 18.2 Å². The van der Waals surface area contributed by atoms with Crippen LogP contribution in [0.2, 0.25) is 0 Å². The number of halogens is 2. The highest BCUT2D eigenvalue weighted by molar-refractivity contribution is 5.93. The van der Waals surface area contributed by atoms with E-state index < -0.39 is 11.6 Å². The van der Waals surface area contributed by atoms with E-state index >= 15 is 0 Å². The molecule has 0 aliphatic heterocycles. The second-order valence-electron chi connectivity index (χ2n) is 3.47. The molecule has 0 radical (unpaired) electrons. The number of hydrogen-bond donors (Lipinski definition) is 2. The molecule has 0 amide bonds. The van der Waals surface area contributed by atoms with E-state index in [1.165, 1.54) is 18.3 Å². The number of hydrogen-bond acceptors (Lipinski definition) is 3. The Hall–Kier alpha value is -2.50. The molecule has 1 aromatic heterocycles. The van der Waals surface area contributed by atoms with E-state index in [9.17, 15) is 8.78 Å². The third-order valence-corrected chi connectivity index (χ3v) is 2.13. The molecule has 6 heteroatoms. The molecule has 0 unspecified atom stereocenters.